The first kappa shape index (κ1) is 23.9. The molecule has 1 aliphatic heterocycles. The van der Waals surface area contributed by atoms with Crippen molar-refractivity contribution in [3.05, 3.63) is 54.1 Å². The highest BCUT2D eigenvalue weighted by molar-refractivity contribution is 7.92. The fourth-order valence-corrected chi connectivity index (χ4v) is 4.98. The molecule has 2 aromatic carbocycles. The maximum Gasteiger partial charge on any atom is 0.241 e. The molecule has 1 atom stereocenters. The molecule has 2 aromatic rings. The molecule has 1 N–H and O–H groups in total. The molecule has 32 heavy (non-hydrogen) atoms. The Balaban J connectivity index is 1.87. The number of hydrogen-bond donors (Lipinski definition) is 1. The van der Waals surface area contributed by atoms with Crippen molar-refractivity contribution in [3.63, 3.8) is 0 Å². The van der Waals surface area contributed by atoms with Crippen LogP contribution < -0.4 is 19.1 Å². The van der Waals surface area contributed by atoms with E-state index in [2.05, 4.69) is 19.2 Å². The number of carbonyl (C=O) groups is 1. The zero-order valence-electron chi connectivity index (χ0n) is 19.1. The van der Waals surface area contributed by atoms with E-state index in [0.29, 0.717) is 24.5 Å². The van der Waals surface area contributed by atoms with Crippen LogP contribution in [0.15, 0.2) is 48.5 Å². The van der Waals surface area contributed by atoms with Crippen LogP contribution in [0.1, 0.15) is 51.6 Å². The van der Waals surface area contributed by atoms with Gasteiger partial charge >= 0.3 is 0 Å². The van der Waals surface area contributed by atoms with Gasteiger partial charge in [-0.15, -0.1) is 0 Å². The summed E-state index contributed by atoms with van der Waals surface area (Å²) < 4.78 is 38.1. The van der Waals surface area contributed by atoms with Gasteiger partial charge in [-0.2, -0.15) is 0 Å². The highest BCUT2D eigenvalue weighted by Crippen LogP contribution is 2.42. The summed E-state index contributed by atoms with van der Waals surface area (Å²) in [6.07, 6.45) is 3.33. The minimum absolute atomic E-state index is 0.268. The van der Waals surface area contributed by atoms with Crippen molar-refractivity contribution in [2.24, 2.45) is 0 Å². The molecule has 0 fully saturated rings. The van der Waals surface area contributed by atoms with Gasteiger partial charge in [0.2, 0.25) is 15.9 Å². The van der Waals surface area contributed by atoms with Crippen LogP contribution in [0.4, 0.5) is 5.69 Å². The van der Waals surface area contributed by atoms with E-state index in [1.165, 1.54) is 0 Å². The van der Waals surface area contributed by atoms with Gasteiger partial charge in [-0.1, -0.05) is 44.2 Å². The number of hydrogen-bond acceptors (Lipinski definition) is 5. The van der Waals surface area contributed by atoms with Crippen LogP contribution in [0.3, 0.4) is 0 Å². The molecule has 0 aromatic heterocycles. The van der Waals surface area contributed by atoms with Gasteiger partial charge in [0.15, 0.2) is 0 Å². The van der Waals surface area contributed by atoms with E-state index in [-0.39, 0.29) is 24.1 Å². The molecule has 0 bridgehead atoms. The van der Waals surface area contributed by atoms with Gasteiger partial charge in [0.25, 0.3) is 0 Å². The monoisotopic (exact) mass is 460 g/mol. The third-order valence-corrected chi connectivity index (χ3v) is 7.07. The number of rotatable bonds is 9. The predicted molar refractivity (Wildman–Crippen MR) is 126 cm³/mol. The summed E-state index contributed by atoms with van der Waals surface area (Å²) in [5.41, 5.74) is 0.875. The average Bonchev–Trinajstić information content (AvgIpc) is 2.77. The Morgan fingerprint density at radius 3 is 2.44 bits per heavy atom. The second kappa shape index (κ2) is 9.81. The Hall–Kier alpha value is -2.74. The zero-order chi connectivity index (χ0) is 23.4. The summed E-state index contributed by atoms with van der Waals surface area (Å²) in [5, 5.41) is 3.06. The van der Waals surface area contributed by atoms with Crippen molar-refractivity contribution in [2.75, 3.05) is 23.7 Å². The number of fused-ring (bicyclic) bond motifs is 1. The van der Waals surface area contributed by atoms with Gasteiger partial charge < -0.3 is 14.8 Å². The van der Waals surface area contributed by atoms with E-state index in [1.54, 1.807) is 24.3 Å². The number of para-hydroxylation sites is 3. The highest BCUT2D eigenvalue weighted by Gasteiger charge is 2.39. The minimum atomic E-state index is -3.72. The van der Waals surface area contributed by atoms with Crippen molar-refractivity contribution in [2.45, 2.75) is 51.7 Å². The molecule has 7 nitrogen and oxygen atoms in total. The minimum Gasteiger partial charge on any atom is -0.492 e. The normalized spacial score (nSPS) is 17.1. The lowest BCUT2D eigenvalue weighted by molar-refractivity contribution is -0.121. The molecule has 1 heterocycles. The van der Waals surface area contributed by atoms with Crippen LogP contribution in [-0.4, -0.2) is 39.3 Å². The van der Waals surface area contributed by atoms with E-state index < -0.39 is 10.0 Å². The van der Waals surface area contributed by atoms with E-state index in [9.17, 15) is 13.2 Å². The number of anilines is 1. The lowest BCUT2D eigenvalue weighted by Gasteiger charge is -2.41. The van der Waals surface area contributed by atoms with Gasteiger partial charge in [-0.3, -0.25) is 9.10 Å². The Kier molecular flexibility index (Phi) is 7.33. The number of sulfonamides is 1. The molecule has 0 radical (unpaired) electrons. The zero-order valence-corrected chi connectivity index (χ0v) is 19.9. The molecule has 0 spiro atoms. The fourth-order valence-electron chi connectivity index (χ4n) is 4.12. The molecule has 0 saturated carbocycles. The van der Waals surface area contributed by atoms with E-state index in [4.69, 9.17) is 9.47 Å². The SMILES string of the molecule is CCOc1ccccc1N(CC(=O)N[C@@H]1CC(CC)(CC)Oc2ccccc21)S(C)(=O)=O. The van der Waals surface area contributed by atoms with Gasteiger partial charge in [-0.25, -0.2) is 8.42 Å². The Labute approximate surface area is 190 Å². The predicted octanol–water partition coefficient (Wildman–Crippen LogP) is 4.05. The second-order valence-corrected chi connectivity index (χ2v) is 9.93. The van der Waals surface area contributed by atoms with Crippen LogP contribution in [0.25, 0.3) is 0 Å². The van der Waals surface area contributed by atoms with Gasteiger partial charge in [0, 0.05) is 12.0 Å². The number of nitrogens with one attached hydrogen (secondary N) is 1. The summed E-state index contributed by atoms with van der Waals surface area (Å²) in [5.74, 6) is 0.791. The molecule has 8 heteroatoms. The van der Waals surface area contributed by atoms with Crippen LogP contribution in [0, 0.1) is 0 Å². The maximum atomic E-state index is 13.1. The van der Waals surface area contributed by atoms with Gasteiger partial charge in [0.1, 0.15) is 23.6 Å². The lowest BCUT2D eigenvalue weighted by Crippen LogP contribution is -2.47. The quantitative estimate of drug-likeness (QED) is 0.610. The van der Waals surface area contributed by atoms with Crippen molar-refractivity contribution in [1.82, 2.24) is 5.32 Å². The summed E-state index contributed by atoms with van der Waals surface area (Å²) in [6.45, 7) is 6.02. The summed E-state index contributed by atoms with van der Waals surface area (Å²) >= 11 is 0. The van der Waals surface area contributed by atoms with Crippen molar-refractivity contribution >= 4 is 21.6 Å². The summed E-state index contributed by atoms with van der Waals surface area (Å²) in [7, 11) is -3.72. The average molecular weight is 461 g/mol. The molecule has 174 valence electrons. The highest BCUT2D eigenvalue weighted by atomic mass is 32.2. The maximum absolute atomic E-state index is 13.1. The number of benzene rings is 2. The Bertz CT molecular complexity index is 1050. The largest absolute Gasteiger partial charge is 0.492 e. The fraction of sp³-hybridized carbons (Fsp3) is 0.458. The number of amides is 1. The molecular weight excluding hydrogens is 428 g/mol. The van der Waals surface area contributed by atoms with E-state index in [0.717, 1.165) is 34.7 Å². The lowest BCUT2D eigenvalue weighted by atomic mass is 9.83. The second-order valence-electron chi connectivity index (χ2n) is 8.02. The first-order valence-corrected chi connectivity index (χ1v) is 12.8. The standard InChI is InChI=1S/C24H32N2O5S/c1-5-24(6-2)16-19(18-12-8-10-14-21(18)31-24)25-23(27)17-26(32(4,28)29)20-13-9-11-15-22(20)30-7-3/h8-15,19H,5-7,16-17H2,1-4H3,(H,25,27)/t19-/m1/s1. The first-order valence-electron chi connectivity index (χ1n) is 11.0. The van der Waals surface area contributed by atoms with Crippen LogP contribution in [0.2, 0.25) is 0 Å². The summed E-state index contributed by atoms with van der Waals surface area (Å²) in [6, 6.07) is 14.2. The van der Waals surface area contributed by atoms with E-state index in [1.807, 2.05) is 31.2 Å². The molecule has 3 rings (SSSR count). The number of carbonyl (C=O) groups excluding carboxylic acids is 1. The third-order valence-electron chi connectivity index (χ3n) is 5.94. The first-order chi connectivity index (χ1) is 15.2. The van der Waals surface area contributed by atoms with Gasteiger partial charge in [-0.05, 0) is 38.0 Å². The third kappa shape index (κ3) is 5.18. The number of ether oxygens (including phenoxy) is 2. The number of nitrogens with zero attached hydrogens (tertiary/aromatic N) is 1. The molecule has 0 aliphatic carbocycles. The van der Waals surface area contributed by atoms with Crippen LogP contribution >= 0.6 is 0 Å². The Morgan fingerprint density at radius 1 is 1.12 bits per heavy atom. The molecule has 1 aliphatic rings. The van der Waals surface area contributed by atoms with Crippen LogP contribution in [0.5, 0.6) is 11.5 Å². The summed E-state index contributed by atoms with van der Waals surface area (Å²) in [4.78, 5) is 13.1. The molecule has 1 amide bonds. The molecule has 0 saturated heterocycles. The van der Waals surface area contributed by atoms with Crippen molar-refractivity contribution in [3.8, 4) is 11.5 Å². The van der Waals surface area contributed by atoms with E-state index >= 15 is 0 Å². The molecule has 0 unspecified atom stereocenters. The Morgan fingerprint density at radius 2 is 1.78 bits per heavy atom. The topological polar surface area (TPSA) is 84.9 Å². The molecular formula is C24H32N2O5S. The van der Waals surface area contributed by atoms with Crippen molar-refractivity contribution in [1.29, 1.82) is 0 Å². The smallest absolute Gasteiger partial charge is 0.241 e. The van der Waals surface area contributed by atoms with Crippen LogP contribution in [-0.2, 0) is 14.8 Å². The van der Waals surface area contributed by atoms with Crippen molar-refractivity contribution < 1.29 is 22.7 Å². The van der Waals surface area contributed by atoms with Gasteiger partial charge in [0.05, 0.1) is 24.6 Å².